The summed E-state index contributed by atoms with van der Waals surface area (Å²) in [5, 5.41) is 2.41. The molecule has 0 aromatic rings. The van der Waals surface area contributed by atoms with Gasteiger partial charge in [0.2, 0.25) is 3.79 Å². The Morgan fingerprint density at radius 1 is 1.10 bits per heavy atom. The third-order valence-electron chi connectivity index (χ3n) is 2.27. The van der Waals surface area contributed by atoms with E-state index in [9.17, 15) is 4.79 Å². The van der Waals surface area contributed by atoms with Crippen LogP contribution in [-0.4, -0.2) is 70.6 Å². The van der Waals surface area contributed by atoms with Crippen molar-refractivity contribution in [2.75, 3.05) is 54.5 Å². The molecule has 0 aliphatic carbocycles. The largest absolute Gasteiger partial charge is 0.444 e. The summed E-state index contributed by atoms with van der Waals surface area (Å²) < 4.78 is 8.60. The van der Waals surface area contributed by atoms with Crippen LogP contribution in [0.1, 0.15) is 0 Å². The number of likely N-dealkylation sites (N-methyl/N-ethyl adjacent to an activating group) is 2. The second kappa shape index (κ2) is 9.87. The summed E-state index contributed by atoms with van der Waals surface area (Å²) in [6, 6.07) is 0. The summed E-state index contributed by atoms with van der Waals surface area (Å²) >= 11 is 17.3. The zero-order valence-corrected chi connectivity index (χ0v) is 14.5. The van der Waals surface area contributed by atoms with Crippen LogP contribution < -0.4 is 15.1 Å². The molecule has 1 amide bonds. The predicted octanol–water partition coefficient (Wildman–Crippen LogP) is -1.29. The molecule has 0 aromatic carbocycles. The van der Waals surface area contributed by atoms with Crippen LogP contribution in [-0.2, 0) is 9.47 Å². The van der Waals surface area contributed by atoms with E-state index >= 15 is 0 Å². The van der Waals surface area contributed by atoms with Gasteiger partial charge in [-0.15, -0.1) is 0 Å². The number of rotatable bonds is 8. The first-order valence-corrected chi connectivity index (χ1v) is 7.46. The van der Waals surface area contributed by atoms with Crippen molar-refractivity contribution in [1.29, 1.82) is 0 Å². The number of amides is 1. The predicted molar refractivity (Wildman–Crippen MR) is 79.9 cm³/mol. The zero-order chi connectivity index (χ0) is 15.8. The number of quaternary nitrogens is 2. The lowest BCUT2D eigenvalue weighted by Crippen LogP contribution is -3.06. The number of hydrogen-bond donors (Lipinski definition) is 3. The lowest BCUT2D eigenvalue weighted by atomic mass is 10.6. The van der Waals surface area contributed by atoms with Crippen molar-refractivity contribution < 1.29 is 24.1 Å². The van der Waals surface area contributed by atoms with Gasteiger partial charge in [-0.2, -0.15) is 0 Å². The molecule has 0 saturated heterocycles. The summed E-state index contributed by atoms with van der Waals surface area (Å²) in [4.78, 5) is 13.9. The Morgan fingerprint density at radius 2 is 1.60 bits per heavy atom. The fraction of sp³-hybridized carbons (Fsp3) is 0.909. The highest BCUT2D eigenvalue weighted by molar-refractivity contribution is 6.68. The third kappa shape index (κ3) is 10.8. The van der Waals surface area contributed by atoms with Gasteiger partial charge in [0.15, 0.2) is 6.23 Å². The molecular formula is C11H24Cl3N3O3+2. The molecule has 0 radical (unpaired) electrons. The zero-order valence-electron chi connectivity index (χ0n) is 12.3. The van der Waals surface area contributed by atoms with E-state index in [1.165, 1.54) is 9.80 Å². The maximum absolute atomic E-state index is 11.6. The van der Waals surface area contributed by atoms with E-state index in [-0.39, 0.29) is 6.61 Å². The molecule has 120 valence electrons. The van der Waals surface area contributed by atoms with Crippen LogP contribution in [0.3, 0.4) is 0 Å². The van der Waals surface area contributed by atoms with Crippen LogP contribution >= 0.6 is 34.8 Å². The van der Waals surface area contributed by atoms with Crippen LogP contribution in [0, 0.1) is 0 Å². The van der Waals surface area contributed by atoms with E-state index in [1.807, 2.05) is 28.2 Å². The molecule has 0 bridgehead atoms. The normalized spacial score (nSPS) is 13.7. The van der Waals surface area contributed by atoms with Crippen molar-refractivity contribution in [2.45, 2.75) is 10.0 Å². The number of carbonyl (C=O) groups excluding carboxylic acids is 1. The van der Waals surface area contributed by atoms with E-state index in [1.54, 1.807) is 0 Å². The molecule has 6 nitrogen and oxygen atoms in total. The lowest BCUT2D eigenvalue weighted by molar-refractivity contribution is -0.858. The maximum Gasteiger partial charge on any atom is 0.409 e. The SMILES string of the molecule is C[NH+](C)CCOC(=O)N[C@H](OCC[NH+](C)C)C(Cl)(Cl)Cl. The summed E-state index contributed by atoms with van der Waals surface area (Å²) in [7, 11) is 7.86. The van der Waals surface area contributed by atoms with Gasteiger partial charge in [0, 0.05) is 0 Å². The Bertz CT molecular complexity index is 286. The number of ether oxygens (including phenoxy) is 2. The average molecular weight is 353 g/mol. The molecule has 0 rings (SSSR count). The second-order valence-corrected chi connectivity index (χ2v) is 7.36. The highest BCUT2D eigenvalue weighted by Crippen LogP contribution is 2.30. The van der Waals surface area contributed by atoms with E-state index in [0.717, 1.165) is 6.54 Å². The molecule has 20 heavy (non-hydrogen) atoms. The first-order chi connectivity index (χ1) is 9.12. The van der Waals surface area contributed by atoms with Crippen LogP contribution in [0.4, 0.5) is 4.79 Å². The first-order valence-electron chi connectivity index (χ1n) is 6.32. The monoisotopic (exact) mass is 351 g/mol. The van der Waals surface area contributed by atoms with Crippen molar-refractivity contribution in [2.24, 2.45) is 0 Å². The highest BCUT2D eigenvalue weighted by Gasteiger charge is 2.35. The van der Waals surface area contributed by atoms with E-state index in [4.69, 9.17) is 44.3 Å². The van der Waals surface area contributed by atoms with Gasteiger partial charge >= 0.3 is 6.09 Å². The van der Waals surface area contributed by atoms with E-state index in [0.29, 0.717) is 13.2 Å². The van der Waals surface area contributed by atoms with Gasteiger partial charge in [-0.05, 0) is 0 Å². The number of alkyl carbamates (subject to hydrolysis) is 1. The quantitative estimate of drug-likeness (QED) is 0.377. The smallest absolute Gasteiger partial charge is 0.409 e. The van der Waals surface area contributed by atoms with Gasteiger partial charge in [-0.1, -0.05) is 34.8 Å². The summed E-state index contributed by atoms with van der Waals surface area (Å²) in [6.45, 7) is 2.04. The van der Waals surface area contributed by atoms with Gasteiger partial charge in [0.25, 0.3) is 0 Å². The Kier molecular flexibility index (Phi) is 9.88. The summed E-state index contributed by atoms with van der Waals surface area (Å²) in [5.41, 5.74) is 0. The minimum absolute atomic E-state index is 0.280. The maximum atomic E-state index is 11.6. The van der Waals surface area contributed by atoms with Crippen molar-refractivity contribution in [1.82, 2.24) is 5.32 Å². The van der Waals surface area contributed by atoms with Crippen molar-refractivity contribution in [3.05, 3.63) is 0 Å². The molecule has 3 N–H and O–H groups in total. The molecule has 0 aromatic heterocycles. The van der Waals surface area contributed by atoms with Gasteiger partial charge in [-0.3, -0.25) is 5.32 Å². The topological polar surface area (TPSA) is 56.4 Å². The van der Waals surface area contributed by atoms with Crippen molar-refractivity contribution >= 4 is 40.9 Å². The first kappa shape index (κ1) is 20.0. The van der Waals surface area contributed by atoms with Gasteiger partial charge in [0.1, 0.15) is 19.7 Å². The van der Waals surface area contributed by atoms with Crippen LogP contribution in [0.25, 0.3) is 0 Å². The Balaban J connectivity index is 4.18. The third-order valence-corrected chi connectivity index (χ3v) is 2.86. The van der Waals surface area contributed by atoms with Gasteiger partial charge in [-0.25, -0.2) is 4.79 Å². The molecule has 0 heterocycles. The number of carbonyl (C=O) groups is 1. The molecule has 0 unspecified atom stereocenters. The number of alkyl halides is 3. The molecule has 0 spiro atoms. The van der Waals surface area contributed by atoms with Crippen LogP contribution in [0.15, 0.2) is 0 Å². The Hall–Kier alpha value is 0.0200. The lowest BCUT2D eigenvalue weighted by Gasteiger charge is -2.25. The fourth-order valence-electron chi connectivity index (χ4n) is 1.10. The summed E-state index contributed by atoms with van der Waals surface area (Å²) in [6.07, 6.45) is -1.72. The van der Waals surface area contributed by atoms with E-state index < -0.39 is 16.1 Å². The van der Waals surface area contributed by atoms with Crippen LogP contribution in [0.2, 0.25) is 0 Å². The van der Waals surface area contributed by atoms with E-state index in [2.05, 4.69) is 5.32 Å². The van der Waals surface area contributed by atoms with Crippen molar-refractivity contribution in [3.63, 3.8) is 0 Å². The standard InChI is InChI=1S/C11H22Cl3N3O3/c1-16(2)5-7-19-9(11(12,13)14)15-10(18)20-8-6-17(3)4/h9H,5-8H2,1-4H3,(H,15,18)/p+2/t9-/m1/s1. The van der Waals surface area contributed by atoms with Crippen molar-refractivity contribution in [3.8, 4) is 0 Å². The number of hydrogen-bond acceptors (Lipinski definition) is 3. The second-order valence-electron chi connectivity index (χ2n) is 4.99. The minimum atomic E-state index is -1.76. The van der Waals surface area contributed by atoms with Gasteiger partial charge < -0.3 is 19.3 Å². The fourth-order valence-corrected chi connectivity index (χ4v) is 1.45. The van der Waals surface area contributed by atoms with Gasteiger partial charge in [0.05, 0.1) is 34.8 Å². The summed E-state index contributed by atoms with van der Waals surface area (Å²) in [5.74, 6) is 0. The average Bonchev–Trinajstić information content (AvgIpc) is 2.25. The van der Waals surface area contributed by atoms with Crippen LogP contribution in [0.5, 0.6) is 0 Å². The number of nitrogens with one attached hydrogen (secondary N) is 3. The molecule has 0 aliphatic rings. The minimum Gasteiger partial charge on any atom is -0.444 e. The number of halogens is 3. The molecule has 0 saturated carbocycles. The molecule has 9 heteroatoms. The molecule has 0 fully saturated rings. The molecule has 0 aliphatic heterocycles. The molecular weight excluding hydrogens is 328 g/mol. The Morgan fingerprint density at radius 3 is 2.05 bits per heavy atom. The Labute approximate surface area is 135 Å². The molecule has 1 atom stereocenters. The highest BCUT2D eigenvalue weighted by atomic mass is 35.6.